The van der Waals surface area contributed by atoms with Gasteiger partial charge >= 0.3 is 0 Å². The summed E-state index contributed by atoms with van der Waals surface area (Å²) < 4.78 is 0. The molecule has 2 N–H and O–H groups in total. The largest absolute Gasteiger partial charge is 0.322 e. The normalized spacial score (nSPS) is 10.5. The average Bonchev–Trinajstić information content (AvgIpc) is 2.72. The minimum absolute atomic E-state index is 0.104. The molecule has 0 bridgehead atoms. The van der Waals surface area contributed by atoms with Crippen LogP contribution in [0.25, 0.3) is 0 Å². The minimum atomic E-state index is -0.104. The van der Waals surface area contributed by atoms with Crippen molar-refractivity contribution < 1.29 is 4.79 Å². The van der Waals surface area contributed by atoms with Crippen LogP contribution in [0.15, 0.2) is 24.3 Å². The quantitative estimate of drug-likeness (QED) is 0.883. The highest BCUT2D eigenvalue weighted by Crippen LogP contribution is 2.19. The molecule has 2 aromatic rings. The van der Waals surface area contributed by atoms with Gasteiger partial charge in [-0.1, -0.05) is 31.5 Å². The van der Waals surface area contributed by atoms with Crippen LogP contribution in [0.4, 0.5) is 5.69 Å². The van der Waals surface area contributed by atoms with Gasteiger partial charge in [0, 0.05) is 11.4 Å². The maximum atomic E-state index is 12.3. The van der Waals surface area contributed by atoms with Crippen molar-refractivity contribution >= 4 is 11.6 Å². The number of amides is 1. The molecule has 1 amide bonds. The number of benzene rings is 1. The molecule has 4 nitrogen and oxygen atoms in total. The fourth-order valence-corrected chi connectivity index (χ4v) is 2.20. The van der Waals surface area contributed by atoms with E-state index in [0.717, 1.165) is 35.5 Å². The van der Waals surface area contributed by atoms with Crippen molar-refractivity contribution in [2.45, 2.75) is 33.6 Å². The first kappa shape index (κ1) is 13.3. The number of hydrogen-bond donors (Lipinski definition) is 2. The summed E-state index contributed by atoms with van der Waals surface area (Å²) in [5.74, 6) is -0.104. The number of carbonyl (C=O) groups is 1. The second-order valence-electron chi connectivity index (χ2n) is 4.67. The summed E-state index contributed by atoms with van der Waals surface area (Å²) in [6, 6.07) is 7.92. The highest BCUT2D eigenvalue weighted by molar-refractivity contribution is 6.06. The maximum Gasteiger partial charge on any atom is 0.259 e. The SMILES string of the molecule is CCCc1ccccc1NC(=O)c1c(C)n[nH]c1C. The third-order valence-corrected chi connectivity index (χ3v) is 3.14. The fourth-order valence-electron chi connectivity index (χ4n) is 2.20. The zero-order valence-electron chi connectivity index (χ0n) is 11.6. The van der Waals surface area contributed by atoms with Crippen molar-refractivity contribution in [3.05, 3.63) is 46.8 Å². The summed E-state index contributed by atoms with van der Waals surface area (Å²) in [6.45, 7) is 5.81. The van der Waals surface area contributed by atoms with E-state index in [1.165, 1.54) is 0 Å². The van der Waals surface area contributed by atoms with Gasteiger partial charge in [0.15, 0.2) is 0 Å². The van der Waals surface area contributed by atoms with Crippen LogP contribution in [-0.4, -0.2) is 16.1 Å². The molecule has 0 spiro atoms. The average molecular weight is 257 g/mol. The van der Waals surface area contributed by atoms with Crippen LogP contribution in [0.3, 0.4) is 0 Å². The molecule has 2 rings (SSSR count). The Hall–Kier alpha value is -2.10. The van der Waals surface area contributed by atoms with E-state index in [0.29, 0.717) is 5.56 Å². The smallest absolute Gasteiger partial charge is 0.259 e. The van der Waals surface area contributed by atoms with Gasteiger partial charge in [0.2, 0.25) is 0 Å². The molecule has 1 aromatic heterocycles. The maximum absolute atomic E-state index is 12.3. The molecule has 0 fully saturated rings. The molecule has 0 aliphatic rings. The monoisotopic (exact) mass is 257 g/mol. The van der Waals surface area contributed by atoms with Crippen LogP contribution in [0.2, 0.25) is 0 Å². The molecule has 1 heterocycles. The zero-order chi connectivity index (χ0) is 13.8. The lowest BCUT2D eigenvalue weighted by Crippen LogP contribution is -2.15. The van der Waals surface area contributed by atoms with Crippen LogP contribution in [-0.2, 0) is 6.42 Å². The number of aromatic amines is 1. The first-order chi connectivity index (χ1) is 9.13. The molecule has 0 radical (unpaired) electrons. The molecule has 0 saturated heterocycles. The first-order valence-electron chi connectivity index (χ1n) is 6.54. The lowest BCUT2D eigenvalue weighted by atomic mass is 10.1. The predicted molar refractivity (Wildman–Crippen MR) is 76.5 cm³/mol. The van der Waals surface area contributed by atoms with Gasteiger partial charge in [-0.3, -0.25) is 9.89 Å². The van der Waals surface area contributed by atoms with E-state index in [1.54, 1.807) is 0 Å². The second kappa shape index (κ2) is 5.69. The number of hydrogen-bond acceptors (Lipinski definition) is 2. The van der Waals surface area contributed by atoms with Gasteiger partial charge in [-0.05, 0) is 31.9 Å². The first-order valence-corrected chi connectivity index (χ1v) is 6.54. The molecule has 0 atom stereocenters. The van der Waals surface area contributed by atoms with Crippen molar-refractivity contribution in [1.29, 1.82) is 0 Å². The van der Waals surface area contributed by atoms with Gasteiger partial charge in [0.1, 0.15) is 0 Å². The third kappa shape index (κ3) is 2.84. The van der Waals surface area contributed by atoms with Crippen LogP contribution >= 0.6 is 0 Å². The summed E-state index contributed by atoms with van der Waals surface area (Å²) in [5, 5.41) is 9.86. The highest BCUT2D eigenvalue weighted by Gasteiger charge is 2.16. The molecule has 0 aliphatic carbocycles. The standard InChI is InChI=1S/C15H19N3O/c1-4-7-12-8-5-6-9-13(12)16-15(19)14-10(2)17-18-11(14)3/h5-6,8-9H,4,7H2,1-3H3,(H,16,19)(H,17,18). The second-order valence-corrected chi connectivity index (χ2v) is 4.67. The predicted octanol–water partition coefficient (Wildman–Crippen LogP) is 3.23. The fraction of sp³-hybridized carbons (Fsp3) is 0.333. The third-order valence-electron chi connectivity index (χ3n) is 3.14. The van der Waals surface area contributed by atoms with Crippen LogP contribution in [0, 0.1) is 13.8 Å². The molecule has 0 aliphatic heterocycles. The topological polar surface area (TPSA) is 57.8 Å². The number of para-hydroxylation sites is 1. The number of nitrogens with one attached hydrogen (secondary N) is 2. The van der Waals surface area contributed by atoms with Crippen LogP contribution in [0.5, 0.6) is 0 Å². The Morgan fingerprint density at radius 3 is 2.68 bits per heavy atom. The summed E-state index contributed by atoms with van der Waals surface area (Å²) >= 11 is 0. The minimum Gasteiger partial charge on any atom is -0.322 e. The van der Waals surface area contributed by atoms with Gasteiger partial charge in [-0.15, -0.1) is 0 Å². The Kier molecular flexibility index (Phi) is 4.00. The Morgan fingerprint density at radius 2 is 2.05 bits per heavy atom. The molecular weight excluding hydrogens is 238 g/mol. The molecule has 4 heteroatoms. The van der Waals surface area contributed by atoms with Crippen LogP contribution < -0.4 is 5.32 Å². The number of aromatic nitrogens is 2. The van der Waals surface area contributed by atoms with E-state index in [1.807, 2.05) is 38.1 Å². The van der Waals surface area contributed by atoms with Crippen molar-refractivity contribution in [3.63, 3.8) is 0 Å². The lowest BCUT2D eigenvalue weighted by Gasteiger charge is -2.10. The van der Waals surface area contributed by atoms with Crippen molar-refractivity contribution in [2.24, 2.45) is 0 Å². The van der Waals surface area contributed by atoms with Gasteiger partial charge in [0.25, 0.3) is 5.91 Å². The van der Waals surface area contributed by atoms with E-state index in [9.17, 15) is 4.79 Å². The molecule has 1 aromatic carbocycles. The summed E-state index contributed by atoms with van der Waals surface area (Å²) in [4.78, 5) is 12.3. The molecule has 100 valence electrons. The number of aryl methyl sites for hydroxylation is 3. The molecular formula is C15H19N3O. The van der Waals surface area contributed by atoms with Crippen molar-refractivity contribution in [2.75, 3.05) is 5.32 Å². The Labute approximate surface area is 113 Å². The summed E-state index contributed by atoms with van der Waals surface area (Å²) in [7, 11) is 0. The van der Waals surface area contributed by atoms with E-state index in [-0.39, 0.29) is 5.91 Å². The number of anilines is 1. The van der Waals surface area contributed by atoms with Gasteiger partial charge in [-0.2, -0.15) is 5.10 Å². The zero-order valence-corrected chi connectivity index (χ0v) is 11.6. The number of H-pyrrole nitrogens is 1. The van der Waals surface area contributed by atoms with Crippen LogP contribution in [0.1, 0.15) is 40.7 Å². The number of carbonyl (C=O) groups excluding carboxylic acids is 1. The van der Waals surface area contributed by atoms with Crippen molar-refractivity contribution in [1.82, 2.24) is 10.2 Å². The van der Waals surface area contributed by atoms with Gasteiger partial charge in [0.05, 0.1) is 11.3 Å². The van der Waals surface area contributed by atoms with E-state index < -0.39 is 0 Å². The Morgan fingerprint density at radius 1 is 1.32 bits per heavy atom. The van der Waals surface area contributed by atoms with E-state index in [2.05, 4.69) is 22.4 Å². The Bertz CT molecular complexity index is 567. The number of nitrogens with zero attached hydrogens (tertiary/aromatic N) is 1. The summed E-state index contributed by atoms with van der Waals surface area (Å²) in [6.07, 6.45) is 2.01. The number of rotatable bonds is 4. The molecule has 0 unspecified atom stereocenters. The highest BCUT2D eigenvalue weighted by atomic mass is 16.1. The summed E-state index contributed by atoms with van der Waals surface area (Å²) in [5.41, 5.74) is 4.20. The van der Waals surface area contributed by atoms with Crippen molar-refractivity contribution in [3.8, 4) is 0 Å². The van der Waals surface area contributed by atoms with Gasteiger partial charge < -0.3 is 5.32 Å². The molecule has 19 heavy (non-hydrogen) atoms. The molecule has 0 saturated carbocycles. The van der Waals surface area contributed by atoms with E-state index >= 15 is 0 Å². The lowest BCUT2D eigenvalue weighted by molar-refractivity contribution is 0.102. The van der Waals surface area contributed by atoms with Gasteiger partial charge in [-0.25, -0.2) is 0 Å². The Balaban J connectivity index is 2.24. The van der Waals surface area contributed by atoms with E-state index in [4.69, 9.17) is 0 Å².